The van der Waals surface area contributed by atoms with Gasteiger partial charge in [-0.15, -0.1) is 0 Å². The molecule has 3 aromatic rings. The summed E-state index contributed by atoms with van der Waals surface area (Å²) < 4.78 is 16.6. The van der Waals surface area contributed by atoms with Crippen LogP contribution in [0.1, 0.15) is 123 Å². The summed E-state index contributed by atoms with van der Waals surface area (Å²) >= 11 is 5.51. The summed E-state index contributed by atoms with van der Waals surface area (Å²) in [5.41, 5.74) is 2.95. The molecule has 0 saturated carbocycles. The SMILES string of the molecule is CCCCCCCCCCCCc1ccc(C(=S)Oc2ccc(C(=O)Oc3ccc(C(=O)OCC(C)CC)cc3)cc2)cc1. The molecule has 0 aliphatic heterocycles. The highest BCUT2D eigenvalue weighted by Crippen LogP contribution is 2.19. The summed E-state index contributed by atoms with van der Waals surface area (Å²) in [5.74, 6) is 0.288. The van der Waals surface area contributed by atoms with E-state index in [2.05, 4.69) is 26.0 Å². The Morgan fingerprint density at radius 2 is 1.09 bits per heavy atom. The summed E-state index contributed by atoms with van der Waals surface area (Å²) in [5, 5.41) is 0.383. The van der Waals surface area contributed by atoms with Gasteiger partial charge in [0.15, 0.2) is 5.05 Å². The summed E-state index contributed by atoms with van der Waals surface area (Å²) in [6.45, 7) is 6.72. The fourth-order valence-corrected chi connectivity index (χ4v) is 4.93. The molecule has 3 rings (SSSR count). The van der Waals surface area contributed by atoms with Gasteiger partial charge < -0.3 is 14.2 Å². The first kappa shape index (κ1) is 35.0. The summed E-state index contributed by atoms with van der Waals surface area (Å²) in [6.07, 6.45) is 15.4. The maximum Gasteiger partial charge on any atom is 0.343 e. The van der Waals surface area contributed by atoms with E-state index in [1.807, 2.05) is 19.1 Å². The number of carbonyl (C=O) groups is 2. The lowest BCUT2D eigenvalue weighted by molar-refractivity contribution is 0.0447. The highest BCUT2D eigenvalue weighted by atomic mass is 32.1. The van der Waals surface area contributed by atoms with Crippen molar-refractivity contribution in [1.82, 2.24) is 0 Å². The van der Waals surface area contributed by atoms with E-state index in [0.717, 1.165) is 18.4 Å². The normalized spacial score (nSPS) is 11.5. The van der Waals surface area contributed by atoms with Gasteiger partial charge in [0.25, 0.3) is 0 Å². The monoisotopic (exact) mass is 616 g/mol. The summed E-state index contributed by atoms with van der Waals surface area (Å²) in [6, 6.07) is 21.3. The van der Waals surface area contributed by atoms with E-state index >= 15 is 0 Å². The smallest absolute Gasteiger partial charge is 0.343 e. The number of hydrogen-bond acceptors (Lipinski definition) is 6. The first-order valence-corrected chi connectivity index (χ1v) is 16.7. The lowest BCUT2D eigenvalue weighted by Crippen LogP contribution is -2.12. The van der Waals surface area contributed by atoms with Gasteiger partial charge in [-0.3, -0.25) is 0 Å². The minimum absolute atomic E-state index is 0.307. The molecule has 1 atom stereocenters. The van der Waals surface area contributed by atoms with Crippen LogP contribution in [0.2, 0.25) is 0 Å². The van der Waals surface area contributed by atoms with Crippen LogP contribution in [0.4, 0.5) is 0 Å². The molecule has 6 heteroatoms. The van der Waals surface area contributed by atoms with Gasteiger partial charge in [-0.05, 0) is 85.1 Å². The first-order valence-electron chi connectivity index (χ1n) is 16.3. The van der Waals surface area contributed by atoms with E-state index in [1.54, 1.807) is 48.5 Å². The molecule has 0 saturated heterocycles. The van der Waals surface area contributed by atoms with Gasteiger partial charge in [0.1, 0.15) is 11.5 Å². The van der Waals surface area contributed by atoms with Crippen molar-refractivity contribution in [2.24, 2.45) is 5.92 Å². The van der Waals surface area contributed by atoms with Crippen molar-refractivity contribution in [1.29, 1.82) is 0 Å². The molecule has 1 unspecified atom stereocenters. The molecule has 0 aliphatic rings. The molecule has 0 N–H and O–H groups in total. The lowest BCUT2D eigenvalue weighted by atomic mass is 10.0. The van der Waals surface area contributed by atoms with Gasteiger partial charge in [0.2, 0.25) is 0 Å². The second-order valence-electron chi connectivity index (χ2n) is 11.6. The van der Waals surface area contributed by atoms with E-state index in [0.29, 0.717) is 40.2 Å². The van der Waals surface area contributed by atoms with Crippen molar-refractivity contribution in [3.05, 3.63) is 95.1 Å². The summed E-state index contributed by atoms with van der Waals surface area (Å²) in [7, 11) is 0. The number of hydrogen-bond donors (Lipinski definition) is 0. The second kappa shape index (κ2) is 19.7. The molecule has 236 valence electrons. The topological polar surface area (TPSA) is 61.8 Å². The quantitative estimate of drug-likeness (QED) is 0.0578. The molecular weight excluding hydrogens is 568 g/mol. The summed E-state index contributed by atoms with van der Waals surface area (Å²) in [4.78, 5) is 24.8. The van der Waals surface area contributed by atoms with Crippen LogP contribution in [-0.2, 0) is 11.2 Å². The van der Waals surface area contributed by atoms with Gasteiger partial charge >= 0.3 is 11.9 Å². The van der Waals surface area contributed by atoms with Crippen LogP contribution in [0.15, 0.2) is 72.8 Å². The predicted molar refractivity (Wildman–Crippen MR) is 182 cm³/mol. The van der Waals surface area contributed by atoms with E-state index in [4.69, 9.17) is 26.4 Å². The number of esters is 2. The molecule has 0 aliphatic carbocycles. The van der Waals surface area contributed by atoms with Gasteiger partial charge in [-0.1, -0.05) is 109 Å². The lowest BCUT2D eigenvalue weighted by Gasteiger charge is -2.10. The Hall–Kier alpha value is -3.51. The minimum atomic E-state index is -0.510. The molecule has 0 bridgehead atoms. The Balaban J connectivity index is 1.38. The van der Waals surface area contributed by atoms with Crippen LogP contribution in [0, 0.1) is 5.92 Å². The van der Waals surface area contributed by atoms with Crippen LogP contribution < -0.4 is 9.47 Å². The van der Waals surface area contributed by atoms with Crippen LogP contribution in [0.3, 0.4) is 0 Å². The third kappa shape index (κ3) is 12.6. The van der Waals surface area contributed by atoms with Crippen molar-refractivity contribution in [2.45, 2.75) is 97.8 Å². The van der Waals surface area contributed by atoms with Gasteiger partial charge in [0, 0.05) is 5.56 Å². The molecule has 0 aromatic heterocycles. The van der Waals surface area contributed by atoms with Crippen LogP contribution in [-0.4, -0.2) is 23.6 Å². The highest BCUT2D eigenvalue weighted by molar-refractivity contribution is 7.80. The van der Waals surface area contributed by atoms with E-state index in [9.17, 15) is 9.59 Å². The Bertz CT molecular complexity index is 1280. The highest BCUT2D eigenvalue weighted by Gasteiger charge is 2.13. The van der Waals surface area contributed by atoms with Gasteiger partial charge in [-0.2, -0.15) is 0 Å². The largest absolute Gasteiger partial charge is 0.462 e. The van der Waals surface area contributed by atoms with Crippen LogP contribution in [0.25, 0.3) is 0 Å². The van der Waals surface area contributed by atoms with Crippen molar-refractivity contribution in [3.63, 3.8) is 0 Å². The Labute approximate surface area is 269 Å². The average molecular weight is 617 g/mol. The molecule has 3 aromatic carbocycles. The standard InChI is InChI=1S/C38H48O5S/c1-4-6-7-8-9-10-11-12-13-14-15-30-16-18-33(19-17-30)38(44)43-35-26-22-32(23-27-35)37(40)42-34-24-20-31(21-25-34)36(39)41-28-29(3)5-2/h16-27,29H,4-15,28H2,1-3H3. The molecule has 44 heavy (non-hydrogen) atoms. The van der Waals surface area contributed by atoms with E-state index in [-0.39, 0.29) is 0 Å². The van der Waals surface area contributed by atoms with E-state index in [1.165, 1.54) is 69.8 Å². The molecule has 0 spiro atoms. The number of thiocarbonyl (C=S) groups is 1. The average Bonchev–Trinajstić information content (AvgIpc) is 3.05. The second-order valence-corrected chi connectivity index (χ2v) is 11.9. The predicted octanol–water partition coefficient (Wildman–Crippen LogP) is 10.3. The number of ether oxygens (including phenoxy) is 3. The first-order chi connectivity index (χ1) is 21.4. The maximum atomic E-state index is 12.6. The number of carbonyl (C=O) groups excluding carboxylic acids is 2. The molecule has 0 amide bonds. The number of rotatable bonds is 19. The number of aryl methyl sites for hydroxylation is 1. The molecule has 0 fully saturated rings. The zero-order valence-corrected chi connectivity index (χ0v) is 27.5. The zero-order valence-electron chi connectivity index (χ0n) is 26.6. The van der Waals surface area contributed by atoms with E-state index < -0.39 is 11.9 Å². The molecule has 0 radical (unpaired) electrons. The van der Waals surface area contributed by atoms with Crippen molar-refractivity contribution < 1.29 is 23.8 Å². The van der Waals surface area contributed by atoms with Crippen LogP contribution in [0.5, 0.6) is 11.5 Å². The molecule has 5 nitrogen and oxygen atoms in total. The maximum absolute atomic E-state index is 12.6. The fourth-order valence-electron chi connectivity index (χ4n) is 4.69. The Morgan fingerprint density at radius 3 is 1.64 bits per heavy atom. The Kier molecular flexibility index (Phi) is 15.7. The molecular formula is C38H48O5S. The van der Waals surface area contributed by atoms with Crippen molar-refractivity contribution in [2.75, 3.05) is 6.61 Å². The van der Waals surface area contributed by atoms with Gasteiger partial charge in [-0.25, -0.2) is 9.59 Å². The Morgan fingerprint density at radius 1 is 0.614 bits per heavy atom. The number of unbranched alkanes of at least 4 members (excludes halogenated alkanes) is 9. The van der Waals surface area contributed by atoms with Crippen LogP contribution >= 0.6 is 12.2 Å². The van der Waals surface area contributed by atoms with Crippen molar-refractivity contribution >= 4 is 29.2 Å². The van der Waals surface area contributed by atoms with Gasteiger partial charge in [0.05, 0.1) is 17.7 Å². The third-order valence-electron chi connectivity index (χ3n) is 7.81. The van der Waals surface area contributed by atoms with Crippen molar-refractivity contribution in [3.8, 4) is 11.5 Å². The molecule has 0 heterocycles. The third-order valence-corrected chi connectivity index (χ3v) is 8.12. The fraction of sp³-hybridized carbons (Fsp3) is 0.447. The number of benzene rings is 3. The minimum Gasteiger partial charge on any atom is -0.462 e. The zero-order chi connectivity index (χ0) is 31.6.